The first kappa shape index (κ1) is 21.8. The molecule has 1 N–H and O–H groups in total. The van der Waals surface area contributed by atoms with E-state index in [1.165, 1.54) is 5.01 Å². The molecule has 0 radical (unpaired) electrons. The number of amides is 4. The lowest BCUT2D eigenvalue weighted by molar-refractivity contribution is -0.137. The number of hydrazone groups is 1. The molecule has 1 fully saturated rings. The van der Waals surface area contributed by atoms with Crippen molar-refractivity contribution in [2.75, 3.05) is 27.3 Å². The summed E-state index contributed by atoms with van der Waals surface area (Å²) in [4.78, 5) is 38.0. The van der Waals surface area contributed by atoms with Crippen LogP contribution < -0.4 is 14.8 Å². The molecule has 2 heterocycles. The van der Waals surface area contributed by atoms with Crippen molar-refractivity contribution >= 4 is 39.5 Å². The maximum Gasteiger partial charge on any atom is 0.325 e. The van der Waals surface area contributed by atoms with Crippen LogP contribution in [0.25, 0.3) is 0 Å². The normalized spacial score (nSPS) is 18.0. The molecule has 0 spiro atoms. The first-order valence-corrected chi connectivity index (χ1v) is 10.7. The summed E-state index contributed by atoms with van der Waals surface area (Å²) in [6.45, 7) is -0.499. The SMILES string of the molecule is COc1ccc(C2CC(c3cccc(Br)c3)=NN2C(=O)CN2C(=O)CNC2=O)cc1OC. The lowest BCUT2D eigenvalue weighted by Crippen LogP contribution is -2.41. The Hall–Kier alpha value is -3.40. The molecule has 1 unspecified atom stereocenters. The third-order valence-electron chi connectivity index (χ3n) is 5.35. The second-order valence-electron chi connectivity index (χ2n) is 7.27. The molecule has 32 heavy (non-hydrogen) atoms. The zero-order valence-electron chi connectivity index (χ0n) is 17.5. The number of imide groups is 1. The highest BCUT2D eigenvalue weighted by molar-refractivity contribution is 9.10. The number of urea groups is 1. The fourth-order valence-electron chi connectivity index (χ4n) is 3.73. The second-order valence-corrected chi connectivity index (χ2v) is 8.18. The van der Waals surface area contributed by atoms with Crippen molar-refractivity contribution in [2.24, 2.45) is 5.10 Å². The highest BCUT2D eigenvalue weighted by Gasteiger charge is 2.37. The topological polar surface area (TPSA) is 101 Å². The van der Waals surface area contributed by atoms with Crippen LogP contribution in [-0.4, -0.2) is 60.8 Å². The van der Waals surface area contributed by atoms with Crippen LogP contribution in [0.5, 0.6) is 11.5 Å². The number of nitrogens with zero attached hydrogens (tertiary/aromatic N) is 3. The number of nitrogens with one attached hydrogen (secondary N) is 1. The van der Waals surface area contributed by atoms with Crippen molar-refractivity contribution in [1.29, 1.82) is 0 Å². The van der Waals surface area contributed by atoms with E-state index in [1.807, 2.05) is 30.3 Å². The molecule has 0 bridgehead atoms. The van der Waals surface area contributed by atoms with Gasteiger partial charge in [0.25, 0.3) is 11.8 Å². The van der Waals surface area contributed by atoms with E-state index in [4.69, 9.17) is 9.47 Å². The molecule has 0 saturated carbocycles. The van der Waals surface area contributed by atoms with Gasteiger partial charge in [-0.3, -0.25) is 14.5 Å². The molecule has 2 aromatic rings. The molecule has 1 atom stereocenters. The minimum atomic E-state index is -0.582. The second kappa shape index (κ2) is 8.99. The Morgan fingerprint density at radius 3 is 2.59 bits per heavy atom. The van der Waals surface area contributed by atoms with Crippen LogP contribution in [0.2, 0.25) is 0 Å². The van der Waals surface area contributed by atoms with Gasteiger partial charge in [-0.2, -0.15) is 5.10 Å². The molecule has 166 valence electrons. The molecule has 1 saturated heterocycles. The standard InChI is InChI=1S/C22H21BrN4O5/c1-31-18-7-6-14(9-19(18)32-2)17-10-16(13-4-3-5-15(23)8-13)25-27(17)21(29)12-26-20(28)11-24-22(26)30/h3-9,17H,10-12H2,1-2H3,(H,24,30). The first-order valence-electron chi connectivity index (χ1n) is 9.87. The van der Waals surface area contributed by atoms with E-state index in [2.05, 4.69) is 26.3 Å². The zero-order chi connectivity index (χ0) is 22.8. The maximum absolute atomic E-state index is 13.2. The van der Waals surface area contributed by atoms with Gasteiger partial charge in [-0.05, 0) is 35.4 Å². The van der Waals surface area contributed by atoms with Gasteiger partial charge in [-0.15, -0.1) is 0 Å². The van der Waals surface area contributed by atoms with Crippen molar-refractivity contribution in [3.8, 4) is 11.5 Å². The van der Waals surface area contributed by atoms with Crippen LogP contribution >= 0.6 is 15.9 Å². The zero-order valence-corrected chi connectivity index (χ0v) is 19.1. The average molecular weight is 501 g/mol. The van der Waals surface area contributed by atoms with Crippen LogP contribution in [0, 0.1) is 0 Å². The van der Waals surface area contributed by atoms with Crippen molar-refractivity contribution in [2.45, 2.75) is 12.5 Å². The highest BCUT2D eigenvalue weighted by atomic mass is 79.9. The van der Waals surface area contributed by atoms with Crippen molar-refractivity contribution < 1.29 is 23.9 Å². The predicted molar refractivity (Wildman–Crippen MR) is 120 cm³/mol. The fraction of sp³-hybridized carbons (Fsp3) is 0.273. The number of benzene rings is 2. The van der Waals surface area contributed by atoms with Gasteiger partial charge in [0, 0.05) is 10.9 Å². The van der Waals surface area contributed by atoms with Gasteiger partial charge in [0.15, 0.2) is 11.5 Å². The summed E-state index contributed by atoms with van der Waals surface area (Å²) in [5.41, 5.74) is 2.38. The summed E-state index contributed by atoms with van der Waals surface area (Å²) in [5, 5.41) is 8.35. The number of hydrogen-bond donors (Lipinski definition) is 1. The Morgan fingerprint density at radius 2 is 1.94 bits per heavy atom. The summed E-state index contributed by atoms with van der Waals surface area (Å²) >= 11 is 3.47. The van der Waals surface area contributed by atoms with E-state index in [-0.39, 0.29) is 13.1 Å². The monoisotopic (exact) mass is 500 g/mol. The number of methoxy groups -OCH3 is 2. The van der Waals surface area contributed by atoms with Crippen molar-refractivity contribution in [3.63, 3.8) is 0 Å². The van der Waals surface area contributed by atoms with Crippen LogP contribution in [0.15, 0.2) is 52.0 Å². The lowest BCUT2D eigenvalue weighted by Gasteiger charge is -2.24. The van der Waals surface area contributed by atoms with Crippen LogP contribution in [0.4, 0.5) is 4.79 Å². The first-order chi connectivity index (χ1) is 15.4. The molecule has 0 aromatic heterocycles. The fourth-order valence-corrected chi connectivity index (χ4v) is 4.12. The molecule has 10 heteroatoms. The Labute approximate surface area is 193 Å². The third-order valence-corrected chi connectivity index (χ3v) is 5.84. The number of carbonyl (C=O) groups excluding carboxylic acids is 3. The summed E-state index contributed by atoms with van der Waals surface area (Å²) in [6.07, 6.45) is 0.456. The van der Waals surface area contributed by atoms with Gasteiger partial charge in [-0.1, -0.05) is 34.1 Å². The molecule has 2 aromatic carbocycles. The Kier molecular flexibility index (Phi) is 6.13. The number of hydrogen-bond acceptors (Lipinski definition) is 6. The molecule has 2 aliphatic rings. The molecule has 9 nitrogen and oxygen atoms in total. The molecular formula is C22H21BrN4O5. The van der Waals surface area contributed by atoms with Gasteiger partial charge in [0.2, 0.25) is 0 Å². The smallest absolute Gasteiger partial charge is 0.325 e. The Bertz CT molecular complexity index is 1100. The van der Waals surface area contributed by atoms with E-state index < -0.39 is 23.9 Å². The van der Waals surface area contributed by atoms with Crippen molar-refractivity contribution in [3.05, 3.63) is 58.1 Å². The summed E-state index contributed by atoms with van der Waals surface area (Å²) in [6, 6.07) is 12.0. The van der Waals surface area contributed by atoms with E-state index in [9.17, 15) is 14.4 Å². The van der Waals surface area contributed by atoms with Crippen LogP contribution in [-0.2, 0) is 9.59 Å². The van der Waals surface area contributed by atoms with Crippen LogP contribution in [0.3, 0.4) is 0 Å². The largest absolute Gasteiger partial charge is 0.493 e. The molecule has 4 rings (SSSR count). The predicted octanol–water partition coefficient (Wildman–Crippen LogP) is 2.70. The van der Waals surface area contributed by atoms with Gasteiger partial charge in [0.05, 0.1) is 32.5 Å². The lowest BCUT2D eigenvalue weighted by atomic mass is 9.98. The number of carbonyl (C=O) groups is 3. The molecule has 2 aliphatic heterocycles. The summed E-state index contributed by atoms with van der Waals surface area (Å²) < 4.78 is 11.6. The van der Waals surface area contributed by atoms with Gasteiger partial charge in [-0.25, -0.2) is 9.80 Å². The van der Waals surface area contributed by atoms with E-state index in [0.717, 1.165) is 26.2 Å². The third kappa shape index (κ3) is 4.18. The van der Waals surface area contributed by atoms with Crippen molar-refractivity contribution in [1.82, 2.24) is 15.2 Å². The number of ether oxygens (including phenoxy) is 2. The Balaban J connectivity index is 1.68. The summed E-state index contributed by atoms with van der Waals surface area (Å²) in [5.74, 6) is 0.198. The minimum absolute atomic E-state index is 0.113. The quantitative estimate of drug-likeness (QED) is 0.614. The molecule has 0 aliphatic carbocycles. The maximum atomic E-state index is 13.2. The average Bonchev–Trinajstić information content (AvgIpc) is 3.38. The highest BCUT2D eigenvalue weighted by Crippen LogP contribution is 2.37. The summed E-state index contributed by atoms with van der Waals surface area (Å²) in [7, 11) is 3.09. The van der Waals surface area contributed by atoms with E-state index in [0.29, 0.717) is 17.9 Å². The van der Waals surface area contributed by atoms with Gasteiger partial charge >= 0.3 is 6.03 Å². The molecular weight excluding hydrogens is 480 g/mol. The van der Waals surface area contributed by atoms with Crippen LogP contribution in [0.1, 0.15) is 23.6 Å². The number of halogens is 1. The van der Waals surface area contributed by atoms with Gasteiger partial charge in [0.1, 0.15) is 6.54 Å². The molecule has 4 amide bonds. The Morgan fingerprint density at radius 1 is 1.16 bits per heavy atom. The van der Waals surface area contributed by atoms with E-state index in [1.54, 1.807) is 26.4 Å². The minimum Gasteiger partial charge on any atom is -0.493 e. The van der Waals surface area contributed by atoms with Gasteiger partial charge < -0.3 is 14.8 Å². The number of rotatable bonds is 6. The van der Waals surface area contributed by atoms with E-state index >= 15 is 0 Å².